The topological polar surface area (TPSA) is 39.6 Å². The summed E-state index contributed by atoms with van der Waals surface area (Å²) < 4.78 is 0. The van der Waals surface area contributed by atoms with E-state index in [9.17, 15) is 0 Å². The van der Waals surface area contributed by atoms with Gasteiger partial charge < -0.3 is 10.4 Å². The van der Waals surface area contributed by atoms with E-state index in [0.29, 0.717) is 17.2 Å². The molecule has 0 saturated carbocycles. The molecule has 1 aliphatic rings. The van der Waals surface area contributed by atoms with Crippen molar-refractivity contribution in [2.45, 2.75) is 20.3 Å². The Morgan fingerprint density at radius 3 is 2.57 bits per heavy atom. The molecule has 0 amide bonds. The van der Waals surface area contributed by atoms with E-state index >= 15 is 0 Å². The summed E-state index contributed by atoms with van der Waals surface area (Å²) in [7, 11) is 0. The van der Waals surface area contributed by atoms with Crippen molar-refractivity contribution < 1.29 is 4.79 Å². The molecule has 0 saturated heterocycles. The zero-order chi connectivity index (χ0) is 10.6. The Balaban J connectivity index is 2.87. The van der Waals surface area contributed by atoms with Crippen molar-refractivity contribution in [3.63, 3.8) is 0 Å². The van der Waals surface area contributed by atoms with E-state index in [1.807, 2.05) is 12.2 Å². The zero-order valence-electron chi connectivity index (χ0n) is 8.50. The van der Waals surface area contributed by atoms with Crippen LogP contribution in [0.4, 0.5) is 0 Å². The molecule has 0 atom stereocenters. The second kappa shape index (κ2) is 4.99. The molecular formula is C10H14ClN3. The first-order valence-corrected chi connectivity index (χ1v) is 5.14. The van der Waals surface area contributed by atoms with Crippen molar-refractivity contribution >= 4 is 17.3 Å². The number of likely N-dealkylation sites (N-methyl/N-ethyl adjacent to an activating group) is 1. The van der Waals surface area contributed by atoms with Gasteiger partial charge in [0.1, 0.15) is 5.03 Å². The molecule has 1 aliphatic carbocycles. The van der Waals surface area contributed by atoms with Gasteiger partial charge in [0, 0.05) is 18.8 Å². The van der Waals surface area contributed by atoms with Crippen LogP contribution in [-0.2, 0) is 0 Å². The Morgan fingerprint density at radius 2 is 2.14 bits per heavy atom. The summed E-state index contributed by atoms with van der Waals surface area (Å²) >= 11 is 5.94. The van der Waals surface area contributed by atoms with E-state index in [1.165, 1.54) is 0 Å². The first kappa shape index (κ1) is 11.0. The van der Waals surface area contributed by atoms with E-state index in [0.717, 1.165) is 18.8 Å². The first-order chi connectivity index (χ1) is 6.72. The summed E-state index contributed by atoms with van der Waals surface area (Å²) in [5, 5.41) is 0.525. The van der Waals surface area contributed by atoms with Gasteiger partial charge in [0.25, 0.3) is 0 Å². The second-order valence-electron chi connectivity index (χ2n) is 3.04. The van der Waals surface area contributed by atoms with E-state index in [4.69, 9.17) is 17.1 Å². The maximum atomic E-state index is 8.62. The van der Waals surface area contributed by atoms with Gasteiger partial charge in [-0.2, -0.15) is 4.79 Å². The van der Waals surface area contributed by atoms with Gasteiger partial charge >= 0.3 is 5.71 Å². The van der Waals surface area contributed by atoms with Crippen LogP contribution in [-0.4, -0.2) is 28.5 Å². The summed E-state index contributed by atoms with van der Waals surface area (Å²) in [4.78, 5) is 5.33. The van der Waals surface area contributed by atoms with Crippen LogP contribution in [0.5, 0.6) is 0 Å². The average molecular weight is 212 g/mol. The van der Waals surface area contributed by atoms with Crippen molar-refractivity contribution in [1.82, 2.24) is 4.90 Å². The number of allylic oxidation sites excluding steroid dienone is 3. The van der Waals surface area contributed by atoms with Crippen molar-refractivity contribution in [1.29, 1.82) is 0 Å². The van der Waals surface area contributed by atoms with Crippen LogP contribution in [0.25, 0.3) is 5.53 Å². The minimum atomic E-state index is 0.525. The molecule has 1 rings (SSSR count). The summed E-state index contributed by atoms with van der Waals surface area (Å²) in [5.41, 5.74) is 10.3. The van der Waals surface area contributed by atoms with Gasteiger partial charge in [-0.25, -0.2) is 0 Å². The predicted molar refractivity (Wildman–Crippen MR) is 58.2 cm³/mol. The highest BCUT2D eigenvalue weighted by Gasteiger charge is 2.18. The number of nitrogens with zero attached hydrogens (tertiary/aromatic N) is 3. The molecule has 0 bridgehead atoms. The van der Waals surface area contributed by atoms with Crippen molar-refractivity contribution in [2.75, 3.05) is 13.1 Å². The lowest BCUT2D eigenvalue weighted by Gasteiger charge is -2.23. The summed E-state index contributed by atoms with van der Waals surface area (Å²) in [6.45, 7) is 6.10. The van der Waals surface area contributed by atoms with E-state index < -0.39 is 0 Å². The monoisotopic (exact) mass is 211 g/mol. The number of halogens is 1. The van der Waals surface area contributed by atoms with Crippen LogP contribution in [0.1, 0.15) is 20.3 Å². The second-order valence-corrected chi connectivity index (χ2v) is 3.45. The van der Waals surface area contributed by atoms with E-state index in [-0.39, 0.29) is 0 Å². The molecule has 0 unspecified atom stereocenters. The molecule has 0 fully saturated rings. The molecule has 0 N–H and O–H groups in total. The van der Waals surface area contributed by atoms with E-state index in [1.54, 1.807) is 0 Å². The highest BCUT2D eigenvalue weighted by atomic mass is 35.5. The summed E-state index contributed by atoms with van der Waals surface area (Å²) in [6, 6.07) is 0. The lowest BCUT2D eigenvalue weighted by molar-refractivity contribution is -0.00589. The van der Waals surface area contributed by atoms with Crippen LogP contribution >= 0.6 is 11.6 Å². The molecule has 3 nitrogen and oxygen atoms in total. The molecule has 0 aromatic carbocycles. The standard InChI is InChI=1S/C10H14ClN3/c1-3-14(4-2)8-5-6-10(13-12)9(11)7-8/h5,7H,3-4,6H2,1-2H3. The third-order valence-corrected chi connectivity index (χ3v) is 2.63. The van der Waals surface area contributed by atoms with Crippen molar-refractivity contribution in [3.8, 4) is 0 Å². The molecule has 14 heavy (non-hydrogen) atoms. The number of hydrogen-bond donors (Lipinski definition) is 0. The molecule has 0 aromatic rings. The normalized spacial score (nSPS) is 15.8. The van der Waals surface area contributed by atoms with Crippen LogP contribution in [0.3, 0.4) is 0 Å². The third kappa shape index (κ3) is 2.25. The molecule has 0 aliphatic heterocycles. The van der Waals surface area contributed by atoms with Crippen molar-refractivity contribution in [2.24, 2.45) is 0 Å². The number of hydrogen-bond acceptors (Lipinski definition) is 1. The first-order valence-electron chi connectivity index (χ1n) is 4.76. The molecule has 0 heterocycles. The predicted octanol–water partition coefficient (Wildman–Crippen LogP) is 2.41. The molecule has 0 radical (unpaired) electrons. The van der Waals surface area contributed by atoms with Gasteiger partial charge in [-0.05, 0) is 26.0 Å². The summed E-state index contributed by atoms with van der Waals surface area (Å²) in [6.07, 6.45) is 4.46. The van der Waals surface area contributed by atoms with Gasteiger partial charge in [-0.3, -0.25) is 0 Å². The highest BCUT2D eigenvalue weighted by Crippen LogP contribution is 2.19. The third-order valence-electron chi connectivity index (χ3n) is 2.30. The van der Waals surface area contributed by atoms with E-state index in [2.05, 4.69) is 23.5 Å². The highest BCUT2D eigenvalue weighted by molar-refractivity contribution is 6.43. The van der Waals surface area contributed by atoms with Gasteiger partial charge in [0.05, 0.1) is 6.42 Å². The summed E-state index contributed by atoms with van der Waals surface area (Å²) in [5.74, 6) is 0. The Morgan fingerprint density at radius 1 is 1.50 bits per heavy atom. The molecule has 4 heteroatoms. The lowest BCUT2D eigenvalue weighted by Crippen LogP contribution is -2.23. The van der Waals surface area contributed by atoms with Crippen LogP contribution in [0, 0.1) is 0 Å². The van der Waals surface area contributed by atoms with Gasteiger partial charge in [-0.1, -0.05) is 11.6 Å². The number of rotatable bonds is 3. The lowest BCUT2D eigenvalue weighted by atomic mass is 10.1. The molecule has 76 valence electrons. The minimum absolute atomic E-state index is 0.525. The fraction of sp³-hybridized carbons (Fsp3) is 0.500. The molecule has 0 spiro atoms. The van der Waals surface area contributed by atoms with Crippen molar-refractivity contribution in [3.05, 3.63) is 28.4 Å². The Labute approximate surface area is 89.3 Å². The van der Waals surface area contributed by atoms with Crippen LogP contribution in [0.2, 0.25) is 0 Å². The Hall–Kier alpha value is -1.05. The smallest absolute Gasteiger partial charge is 0.314 e. The molecular weight excluding hydrogens is 198 g/mol. The quantitative estimate of drug-likeness (QED) is 0.522. The minimum Gasteiger partial charge on any atom is -0.372 e. The molecule has 0 aromatic heterocycles. The Bertz CT molecular complexity index is 320. The maximum absolute atomic E-state index is 8.62. The zero-order valence-corrected chi connectivity index (χ0v) is 9.25. The van der Waals surface area contributed by atoms with Gasteiger partial charge in [0.2, 0.25) is 0 Å². The fourth-order valence-electron chi connectivity index (χ4n) is 1.47. The van der Waals surface area contributed by atoms with Gasteiger partial charge in [-0.15, -0.1) is 0 Å². The SMILES string of the molecule is CCN(CC)C1=CCC(=[N+]=[N-])C(Cl)=C1. The van der Waals surface area contributed by atoms with Crippen LogP contribution in [0.15, 0.2) is 22.9 Å². The largest absolute Gasteiger partial charge is 0.372 e. The average Bonchev–Trinajstić information content (AvgIpc) is 2.20. The fourth-order valence-corrected chi connectivity index (χ4v) is 1.70. The van der Waals surface area contributed by atoms with Gasteiger partial charge in [0.15, 0.2) is 0 Å². The maximum Gasteiger partial charge on any atom is 0.314 e. The Kier molecular flexibility index (Phi) is 3.93. The van der Waals surface area contributed by atoms with Crippen LogP contribution < -0.4 is 0 Å².